The Morgan fingerprint density at radius 2 is 2.12 bits per heavy atom. The van der Waals surface area contributed by atoms with E-state index < -0.39 is 0 Å². The topological polar surface area (TPSA) is 29.1 Å². The third-order valence-corrected chi connectivity index (χ3v) is 3.90. The van der Waals surface area contributed by atoms with Gasteiger partial charge in [0.15, 0.2) is 0 Å². The minimum absolute atomic E-state index is 0.0178. The predicted molar refractivity (Wildman–Crippen MR) is 69.3 cm³/mol. The normalized spacial score (nSPS) is 15.2. The van der Waals surface area contributed by atoms with Gasteiger partial charge in [-0.15, -0.1) is 11.8 Å². The summed E-state index contributed by atoms with van der Waals surface area (Å²) in [5.41, 5.74) is 0.567. The van der Waals surface area contributed by atoms with Crippen LogP contribution in [0.3, 0.4) is 0 Å². The van der Waals surface area contributed by atoms with Gasteiger partial charge in [0.1, 0.15) is 0 Å². The van der Waals surface area contributed by atoms with Crippen molar-refractivity contribution in [2.45, 2.75) is 0 Å². The van der Waals surface area contributed by atoms with Crippen LogP contribution in [0, 0.1) is 0 Å². The van der Waals surface area contributed by atoms with Crippen LogP contribution in [-0.2, 0) is 0 Å². The summed E-state index contributed by atoms with van der Waals surface area (Å²) in [7, 11) is 0. The molecule has 2 nitrogen and oxygen atoms in total. The van der Waals surface area contributed by atoms with Crippen molar-refractivity contribution in [1.82, 2.24) is 5.32 Å². The van der Waals surface area contributed by atoms with Crippen LogP contribution in [0.15, 0.2) is 29.3 Å². The molecule has 0 saturated carbocycles. The summed E-state index contributed by atoms with van der Waals surface area (Å²) in [6, 6.07) is 4.92. The first kappa shape index (κ1) is 11.8. The molecule has 1 aromatic rings. The molecule has 0 atom stereocenters. The van der Waals surface area contributed by atoms with Crippen molar-refractivity contribution >= 4 is 40.7 Å². The molecule has 0 aliphatic carbocycles. The second kappa shape index (κ2) is 5.13. The average Bonchev–Trinajstić information content (AvgIpc) is 2.33. The van der Waals surface area contributed by atoms with E-state index in [1.54, 1.807) is 36.2 Å². The Hall–Kier alpha value is -0.640. The van der Waals surface area contributed by atoms with Crippen LogP contribution < -0.4 is 5.32 Å². The van der Waals surface area contributed by atoms with E-state index in [1.165, 1.54) is 0 Å². The van der Waals surface area contributed by atoms with Crippen LogP contribution in [0.4, 0.5) is 0 Å². The quantitative estimate of drug-likeness (QED) is 0.838. The summed E-state index contributed by atoms with van der Waals surface area (Å²) in [6.45, 7) is 0.892. The lowest BCUT2D eigenvalue weighted by Crippen LogP contribution is -2.18. The lowest BCUT2D eigenvalue weighted by Gasteiger charge is -2.12. The molecule has 1 aliphatic heterocycles. The predicted octanol–water partition coefficient (Wildman–Crippen LogP) is 3.35. The fourth-order valence-electron chi connectivity index (χ4n) is 1.34. The maximum Gasteiger partial charge on any atom is 0.200 e. The first-order valence-electron chi connectivity index (χ1n) is 4.74. The molecule has 0 amide bonds. The van der Waals surface area contributed by atoms with Gasteiger partial charge < -0.3 is 5.32 Å². The Balaban J connectivity index is 2.26. The molecule has 0 unspecified atom stereocenters. The van der Waals surface area contributed by atoms with E-state index in [0.717, 1.165) is 12.3 Å². The number of thioether (sulfide) groups is 1. The SMILES string of the molecule is O=C(C1=CNCCS1)c1ccc(Cl)c(Cl)c1. The van der Waals surface area contributed by atoms with Crippen molar-refractivity contribution in [3.8, 4) is 0 Å². The van der Waals surface area contributed by atoms with E-state index in [9.17, 15) is 4.79 Å². The number of hydrogen-bond donors (Lipinski definition) is 1. The summed E-state index contributed by atoms with van der Waals surface area (Å²) in [5.74, 6) is 0.884. The molecule has 0 aromatic heterocycles. The highest BCUT2D eigenvalue weighted by molar-refractivity contribution is 8.04. The Morgan fingerprint density at radius 3 is 2.75 bits per heavy atom. The fourth-order valence-corrected chi connectivity index (χ4v) is 2.49. The van der Waals surface area contributed by atoms with E-state index in [2.05, 4.69) is 5.32 Å². The summed E-state index contributed by atoms with van der Waals surface area (Å²) in [6.07, 6.45) is 1.75. The zero-order valence-electron chi connectivity index (χ0n) is 8.30. The van der Waals surface area contributed by atoms with Crippen molar-refractivity contribution in [2.75, 3.05) is 12.3 Å². The first-order valence-corrected chi connectivity index (χ1v) is 6.49. The van der Waals surface area contributed by atoms with Gasteiger partial charge in [0.2, 0.25) is 5.78 Å². The Bertz CT molecular complexity index is 459. The number of ketones is 1. The number of halogens is 2. The standard InChI is InChI=1S/C11H9Cl2NOS/c12-8-2-1-7(5-9(8)13)11(15)10-6-14-3-4-16-10/h1-2,5-6,14H,3-4H2. The van der Waals surface area contributed by atoms with Crippen LogP contribution in [0.2, 0.25) is 10.0 Å². The third-order valence-electron chi connectivity index (χ3n) is 2.14. The van der Waals surface area contributed by atoms with Crippen LogP contribution in [0.5, 0.6) is 0 Å². The lowest BCUT2D eigenvalue weighted by molar-refractivity contribution is 0.104. The smallest absolute Gasteiger partial charge is 0.200 e. The Labute approximate surface area is 108 Å². The van der Waals surface area contributed by atoms with Gasteiger partial charge in [0, 0.05) is 24.1 Å². The first-order chi connectivity index (χ1) is 7.68. The number of hydrogen-bond acceptors (Lipinski definition) is 3. The molecule has 1 heterocycles. The number of carbonyl (C=O) groups is 1. The largest absolute Gasteiger partial charge is 0.389 e. The van der Waals surface area contributed by atoms with Crippen LogP contribution in [0.25, 0.3) is 0 Å². The molecule has 0 saturated heterocycles. The molecule has 1 aliphatic rings. The van der Waals surface area contributed by atoms with Gasteiger partial charge in [0.05, 0.1) is 15.0 Å². The van der Waals surface area contributed by atoms with Crippen LogP contribution >= 0.6 is 35.0 Å². The maximum absolute atomic E-state index is 12.0. The molecular weight excluding hydrogens is 265 g/mol. The van der Waals surface area contributed by atoms with Gasteiger partial charge in [-0.3, -0.25) is 4.79 Å². The number of allylic oxidation sites excluding steroid dienone is 1. The van der Waals surface area contributed by atoms with E-state index >= 15 is 0 Å². The summed E-state index contributed by atoms with van der Waals surface area (Å²) >= 11 is 13.2. The van der Waals surface area contributed by atoms with Crippen molar-refractivity contribution in [1.29, 1.82) is 0 Å². The van der Waals surface area contributed by atoms with Gasteiger partial charge in [-0.2, -0.15) is 0 Å². The van der Waals surface area contributed by atoms with Crippen LogP contribution in [0.1, 0.15) is 10.4 Å². The number of carbonyl (C=O) groups excluding carboxylic acids is 1. The second-order valence-electron chi connectivity index (χ2n) is 3.27. The highest BCUT2D eigenvalue weighted by Gasteiger charge is 2.15. The maximum atomic E-state index is 12.0. The monoisotopic (exact) mass is 273 g/mol. The van der Waals surface area contributed by atoms with E-state index in [4.69, 9.17) is 23.2 Å². The summed E-state index contributed by atoms with van der Waals surface area (Å²) < 4.78 is 0. The number of nitrogens with one attached hydrogen (secondary N) is 1. The average molecular weight is 274 g/mol. The van der Waals surface area contributed by atoms with Gasteiger partial charge in [-0.25, -0.2) is 0 Å². The molecule has 16 heavy (non-hydrogen) atoms. The van der Waals surface area contributed by atoms with E-state index in [-0.39, 0.29) is 5.78 Å². The second-order valence-corrected chi connectivity index (χ2v) is 5.22. The summed E-state index contributed by atoms with van der Waals surface area (Å²) in [4.78, 5) is 12.7. The third kappa shape index (κ3) is 2.54. The van der Waals surface area contributed by atoms with Gasteiger partial charge in [-0.1, -0.05) is 23.2 Å². The molecule has 2 rings (SSSR count). The van der Waals surface area contributed by atoms with Gasteiger partial charge in [-0.05, 0) is 18.2 Å². The molecular formula is C11H9Cl2NOS. The highest BCUT2D eigenvalue weighted by atomic mass is 35.5. The van der Waals surface area contributed by atoms with Gasteiger partial charge in [0.25, 0.3) is 0 Å². The molecule has 0 radical (unpaired) electrons. The minimum Gasteiger partial charge on any atom is -0.389 e. The molecule has 1 N–H and O–H groups in total. The minimum atomic E-state index is -0.0178. The van der Waals surface area contributed by atoms with Crippen molar-refractivity contribution in [3.05, 3.63) is 44.9 Å². The summed E-state index contributed by atoms with van der Waals surface area (Å²) in [5, 5.41) is 3.91. The molecule has 0 bridgehead atoms. The molecule has 1 aromatic carbocycles. The zero-order chi connectivity index (χ0) is 11.5. The fraction of sp³-hybridized carbons (Fsp3) is 0.182. The van der Waals surface area contributed by atoms with Crippen molar-refractivity contribution in [3.63, 3.8) is 0 Å². The van der Waals surface area contributed by atoms with Crippen molar-refractivity contribution < 1.29 is 4.79 Å². The molecule has 84 valence electrons. The molecule has 5 heteroatoms. The van der Waals surface area contributed by atoms with Crippen molar-refractivity contribution in [2.24, 2.45) is 0 Å². The van der Waals surface area contributed by atoms with E-state index in [1.807, 2.05) is 0 Å². The molecule has 0 fully saturated rings. The van der Waals surface area contributed by atoms with E-state index in [0.29, 0.717) is 20.5 Å². The number of benzene rings is 1. The highest BCUT2D eigenvalue weighted by Crippen LogP contribution is 2.27. The lowest BCUT2D eigenvalue weighted by atomic mass is 10.1. The Kier molecular flexibility index (Phi) is 3.79. The zero-order valence-corrected chi connectivity index (χ0v) is 10.6. The number of rotatable bonds is 2. The van der Waals surface area contributed by atoms with Gasteiger partial charge >= 0.3 is 0 Å². The number of Topliss-reactive ketones (excluding diaryl/α,β-unsaturated/α-hetero) is 1. The Morgan fingerprint density at radius 1 is 1.31 bits per heavy atom. The molecule has 0 spiro atoms. The van der Waals surface area contributed by atoms with Crippen LogP contribution in [-0.4, -0.2) is 18.1 Å².